The van der Waals surface area contributed by atoms with Crippen molar-refractivity contribution in [1.29, 1.82) is 0 Å². The first-order chi connectivity index (χ1) is 13.9. The quantitative estimate of drug-likeness (QED) is 0.762. The van der Waals surface area contributed by atoms with Crippen LogP contribution >= 0.6 is 11.6 Å². The van der Waals surface area contributed by atoms with Crippen LogP contribution in [0.2, 0.25) is 5.02 Å². The Morgan fingerprint density at radius 2 is 1.79 bits per heavy atom. The summed E-state index contributed by atoms with van der Waals surface area (Å²) in [5.41, 5.74) is 0.947. The van der Waals surface area contributed by atoms with Crippen molar-refractivity contribution in [3.8, 4) is 0 Å². The molecule has 0 saturated carbocycles. The van der Waals surface area contributed by atoms with Crippen LogP contribution in [0.4, 0.5) is 5.69 Å². The van der Waals surface area contributed by atoms with Gasteiger partial charge in [-0.15, -0.1) is 0 Å². The number of anilines is 1. The average Bonchev–Trinajstić information content (AvgIpc) is 3.27. The topological polar surface area (TPSA) is 78.5 Å². The molecular formula is C22H20ClN3O3. The van der Waals surface area contributed by atoms with Crippen molar-refractivity contribution in [1.82, 2.24) is 10.2 Å². The zero-order valence-corrected chi connectivity index (χ0v) is 16.6. The molecular weight excluding hydrogens is 390 g/mol. The van der Waals surface area contributed by atoms with E-state index in [9.17, 15) is 14.4 Å². The Morgan fingerprint density at radius 3 is 2.55 bits per heavy atom. The lowest BCUT2D eigenvalue weighted by molar-refractivity contribution is -0.142. The maximum Gasteiger partial charge on any atom is 0.250 e. The van der Waals surface area contributed by atoms with E-state index in [1.807, 2.05) is 37.3 Å². The second kappa shape index (κ2) is 6.40. The van der Waals surface area contributed by atoms with Crippen molar-refractivity contribution in [3.05, 3.63) is 64.7 Å². The summed E-state index contributed by atoms with van der Waals surface area (Å²) >= 11 is 6.28. The average molecular weight is 410 g/mol. The first-order valence-electron chi connectivity index (χ1n) is 9.72. The first-order valence-corrected chi connectivity index (χ1v) is 10.1. The van der Waals surface area contributed by atoms with Crippen LogP contribution in [0.25, 0.3) is 0 Å². The number of nitrogens with one attached hydrogen (secondary N) is 2. The van der Waals surface area contributed by atoms with Crippen molar-refractivity contribution < 1.29 is 14.4 Å². The van der Waals surface area contributed by atoms with Crippen molar-refractivity contribution >= 4 is 35.0 Å². The summed E-state index contributed by atoms with van der Waals surface area (Å²) in [7, 11) is 0. The van der Waals surface area contributed by atoms with Gasteiger partial charge in [0.15, 0.2) is 0 Å². The summed E-state index contributed by atoms with van der Waals surface area (Å²) in [6.07, 6.45) is 0.585. The first kappa shape index (κ1) is 18.3. The molecule has 5 rings (SSSR count). The third-order valence-corrected chi connectivity index (χ3v) is 6.72. The van der Waals surface area contributed by atoms with Crippen LogP contribution in [-0.2, 0) is 26.3 Å². The Balaban J connectivity index is 1.52. The van der Waals surface area contributed by atoms with Crippen LogP contribution in [0, 0.1) is 11.8 Å². The van der Waals surface area contributed by atoms with Crippen LogP contribution in [0.3, 0.4) is 0 Å². The summed E-state index contributed by atoms with van der Waals surface area (Å²) < 4.78 is 0. The van der Waals surface area contributed by atoms with Crippen molar-refractivity contribution in [3.63, 3.8) is 0 Å². The molecule has 0 bridgehead atoms. The highest BCUT2D eigenvalue weighted by atomic mass is 35.5. The fraction of sp³-hybridized carbons (Fsp3) is 0.318. The highest BCUT2D eigenvalue weighted by Gasteiger charge is 2.69. The van der Waals surface area contributed by atoms with Crippen molar-refractivity contribution in [2.24, 2.45) is 11.8 Å². The van der Waals surface area contributed by atoms with Crippen LogP contribution < -0.4 is 10.6 Å². The molecule has 3 aliphatic rings. The number of nitrogens with zero attached hydrogens (tertiary/aromatic N) is 1. The Kier molecular flexibility index (Phi) is 4.05. The molecule has 3 amide bonds. The van der Waals surface area contributed by atoms with Gasteiger partial charge in [-0.2, -0.15) is 0 Å². The SMILES string of the molecule is CC1NC2(C(=O)Nc3c(Cl)cccc32)[C@@H]2C(=O)N(CCc3ccccc3)C(=O)[C@H]12. The Bertz CT molecular complexity index is 1040. The summed E-state index contributed by atoms with van der Waals surface area (Å²) in [5.74, 6) is -2.19. The van der Waals surface area contributed by atoms with Gasteiger partial charge < -0.3 is 5.32 Å². The molecule has 2 aromatic rings. The minimum atomic E-state index is -1.27. The Labute approximate surface area is 173 Å². The number of hydrogen-bond donors (Lipinski definition) is 2. The predicted octanol–water partition coefficient (Wildman–Crippen LogP) is 2.32. The number of amides is 3. The lowest BCUT2D eigenvalue weighted by atomic mass is 9.76. The molecule has 2 aromatic carbocycles. The molecule has 0 radical (unpaired) electrons. The van der Waals surface area contributed by atoms with E-state index < -0.39 is 17.4 Å². The molecule has 1 spiro atoms. The number of para-hydroxylation sites is 1. The molecule has 2 fully saturated rings. The van der Waals surface area contributed by atoms with Gasteiger partial charge in [-0.3, -0.25) is 24.6 Å². The van der Waals surface area contributed by atoms with Crippen LogP contribution in [0.15, 0.2) is 48.5 Å². The van der Waals surface area contributed by atoms with E-state index in [0.717, 1.165) is 5.56 Å². The van der Waals surface area contributed by atoms with Gasteiger partial charge in [0.2, 0.25) is 17.7 Å². The van der Waals surface area contributed by atoms with Crippen LogP contribution in [0.5, 0.6) is 0 Å². The van der Waals surface area contributed by atoms with Crippen LogP contribution in [0.1, 0.15) is 18.1 Å². The van der Waals surface area contributed by atoms with Gasteiger partial charge in [-0.1, -0.05) is 54.1 Å². The fourth-order valence-corrected chi connectivity index (χ4v) is 5.34. The number of rotatable bonds is 3. The number of fused-ring (bicyclic) bond motifs is 4. The van der Waals surface area contributed by atoms with E-state index in [0.29, 0.717) is 29.2 Å². The molecule has 0 aromatic heterocycles. The highest BCUT2D eigenvalue weighted by Crippen LogP contribution is 2.53. The van der Waals surface area contributed by atoms with E-state index in [-0.39, 0.29) is 23.8 Å². The normalized spacial score (nSPS) is 30.1. The lowest BCUT2D eigenvalue weighted by Crippen LogP contribution is -2.53. The van der Waals surface area contributed by atoms with Gasteiger partial charge in [-0.05, 0) is 25.0 Å². The summed E-state index contributed by atoms with van der Waals surface area (Å²) in [6.45, 7) is 2.16. The predicted molar refractivity (Wildman–Crippen MR) is 108 cm³/mol. The van der Waals surface area contributed by atoms with E-state index in [1.54, 1.807) is 18.2 Å². The van der Waals surface area contributed by atoms with E-state index in [4.69, 9.17) is 11.6 Å². The fourth-order valence-electron chi connectivity index (χ4n) is 5.12. The Morgan fingerprint density at radius 1 is 1.03 bits per heavy atom. The molecule has 2 N–H and O–H groups in total. The van der Waals surface area contributed by atoms with Gasteiger partial charge in [0, 0.05) is 18.2 Å². The number of likely N-dealkylation sites (tertiary alicyclic amines) is 1. The molecule has 7 heteroatoms. The summed E-state index contributed by atoms with van der Waals surface area (Å²) in [5, 5.41) is 6.52. The molecule has 0 aliphatic carbocycles. The van der Waals surface area contributed by atoms with Gasteiger partial charge in [0.1, 0.15) is 5.54 Å². The van der Waals surface area contributed by atoms with Crippen molar-refractivity contribution in [2.45, 2.75) is 24.9 Å². The minimum absolute atomic E-state index is 0.212. The molecule has 2 saturated heterocycles. The number of hydrogen-bond acceptors (Lipinski definition) is 4. The maximum absolute atomic E-state index is 13.4. The third kappa shape index (κ3) is 2.42. The second-order valence-electron chi connectivity index (χ2n) is 7.92. The number of imide groups is 1. The number of benzene rings is 2. The molecule has 2 unspecified atom stereocenters. The maximum atomic E-state index is 13.4. The molecule has 3 heterocycles. The Hall–Kier alpha value is -2.70. The number of carbonyl (C=O) groups is 3. The number of carbonyl (C=O) groups excluding carboxylic acids is 3. The standard InChI is InChI=1S/C22H20ClN3O3/c1-12-16-17(20(28)26(19(16)27)11-10-13-6-3-2-4-7-13)22(25-12)14-8-5-9-15(23)18(14)24-21(22)29/h2-9,12,16-17,25H,10-11H2,1H3,(H,24,29)/t12?,16-,17+,22?/m1/s1. The van der Waals surface area contributed by atoms with E-state index in [2.05, 4.69) is 10.6 Å². The monoisotopic (exact) mass is 409 g/mol. The molecule has 3 aliphatic heterocycles. The van der Waals surface area contributed by atoms with Gasteiger partial charge in [0.25, 0.3) is 0 Å². The van der Waals surface area contributed by atoms with Gasteiger partial charge >= 0.3 is 0 Å². The zero-order valence-electron chi connectivity index (χ0n) is 15.8. The van der Waals surface area contributed by atoms with E-state index in [1.165, 1.54) is 4.90 Å². The van der Waals surface area contributed by atoms with E-state index >= 15 is 0 Å². The molecule has 148 valence electrons. The lowest BCUT2D eigenvalue weighted by Gasteiger charge is -2.29. The summed E-state index contributed by atoms with van der Waals surface area (Å²) in [6, 6.07) is 14.7. The molecule has 29 heavy (non-hydrogen) atoms. The van der Waals surface area contributed by atoms with Gasteiger partial charge in [-0.25, -0.2) is 0 Å². The summed E-state index contributed by atoms with van der Waals surface area (Å²) in [4.78, 5) is 41.0. The van der Waals surface area contributed by atoms with Crippen molar-refractivity contribution in [2.75, 3.05) is 11.9 Å². The number of halogens is 1. The second-order valence-corrected chi connectivity index (χ2v) is 8.33. The minimum Gasteiger partial charge on any atom is -0.323 e. The smallest absolute Gasteiger partial charge is 0.250 e. The third-order valence-electron chi connectivity index (χ3n) is 6.40. The zero-order chi connectivity index (χ0) is 20.3. The van der Waals surface area contributed by atoms with Crippen LogP contribution in [-0.4, -0.2) is 35.2 Å². The largest absolute Gasteiger partial charge is 0.323 e. The molecule has 6 nitrogen and oxygen atoms in total. The van der Waals surface area contributed by atoms with Gasteiger partial charge in [0.05, 0.1) is 22.5 Å². The molecule has 4 atom stereocenters. The highest BCUT2D eigenvalue weighted by molar-refractivity contribution is 6.35.